The Balaban J connectivity index is 2.61. The highest BCUT2D eigenvalue weighted by Gasteiger charge is 2.32. The van der Waals surface area contributed by atoms with Crippen molar-refractivity contribution in [3.63, 3.8) is 0 Å². The molecule has 0 fully saturated rings. The number of fused-ring (bicyclic) bond motifs is 1. The van der Waals surface area contributed by atoms with Crippen LogP contribution in [0.1, 0.15) is 19.7 Å². The predicted octanol–water partition coefficient (Wildman–Crippen LogP) is 2.78. The number of para-hydroxylation sites is 1. The minimum Gasteiger partial charge on any atom is -0.326 e. The molecule has 0 atom stereocenters. The number of alkyl halides is 1. The fraction of sp³-hybridized carbons (Fsp3) is 0.500. The minimum atomic E-state index is -3.26. The summed E-state index contributed by atoms with van der Waals surface area (Å²) in [6.07, 6.45) is 1.66. The first-order valence-electron chi connectivity index (χ1n) is 6.56. The molecule has 116 valence electrons. The number of sulfone groups is 1. The first-order chi connectivity index (χ1) is 9.67. The van der Waals surface area contributed by atoms with Gasteiger partial charge in [0.1, 0.15) is 11.3 Å². The lowest BCUT2D eigenvalue weighted by atomic mass is 10.2. The maximum Gasteiger partial charge on any atom is 0.154 e. The molecule has 0 amide bonds. The van der Waals surface area contributed by atoms with Gasteiger partial charge < -0.3 is 4.57 Å². The van der Waals surface area contributed by atoms with Crippen molar-refractivity contribution in [2.45, 2.75) is 31.6 Å². The molecule has 0 saturated heterocycles. The van der Waals surface area contributed by atoms with Crippen LogP contribution < -0.4 is 0 Å². The Kier molecular flexibility index (Phi) is 4.31. The van der Waals surface area contributed by atoms with E-state index in [1.54, 1.807) is 30.5 Å². The van der Waals surface area contributed by atoms with Gasteiger partial charge in [-0.3, -0.25) is 0 Å². The number of nitrogens with zero attached hydrogens (tertiary/aromatic N) is 2. The van der Waals surface area contributed by atoms with Crippen LogP contribution in [-0.2, 0) is 22.8 Å². The van der Waals surface area contributed by atoms with Crippen molar-refractivity contribution in [1.29, 1.82) is 0 Å². The summed E-state index contributed by atoms with van der Waals surface area (Å²) in [6, 6.07) is 4.67. The fourth-order valence-electron chi connectivity index (χ4n) is 2.11. The van der Waals surface area contributed by atoms with Crippen LogP contribution in [0.2, 0.25) is 0 Å². The summed E-state index contributed by atoms with van der Waals surface area (Å²) < 4.78 is 38.5. The number of rotatable bonds is 5. The van der Waals surface area contributed by atoms with Crippen LogP contribution in [-0.4, -0.2) is 34.9 Å². The molecule has 0 N–H and O–H groups in total. The lowest BCUT2D eigenvalue weighted by Crippen LogP contribution is -2.36. The van der Waals surface area contributed by atoms with Crippen LogP contribution in [0.3, 0.4) is 0 Å². The third-order valence-electron chi connectivity index (χ3n) is 3.67. The molecule has 2 aromatic rings. The van der Waals surface area contributed by atoms with E-state index in [0.29, 0.717) is 23.6 Å². The second-order valence-corrected chi connectivity index (χ2v) is 8.72. The highest BCUT2D eigenvalue weighted by molar-refractivity contribution is 7.92. The average Bonchev–Trinajstić information content (AvgIpc) is 2.68. The zero-order valence-electron chi connectivity index (χ0n) is 12.2. The molecule has 4 nitrogen and oxygen atoms in total. The average molecular weight is 333 g/mol. The third-order valence-corrected chi connectivity index (χ3v) is 6.00. The number of halogens is 2. The van der Waals surface area contributed by atoms with Gasteiger partial charge in [0.05, 0.1) is 10.3 Å². The minimum absolute atomic E-state index is 0.206. The number of aryl methyl sites for hydroxylation is 1. The van der Waals surface area contributed by atoms with Gasteiger partial charge in [-0.05, 0) is 26.0 Å². The molecular weight excluding hydrogens is 315 g/mol. The summed E-state index contributed by atoms with van der Waals surface area (Å²) in [5.74, 6) is 0.519. The van der Waals surface area contributed by atoms with Gasteiger partial charge in [-0.15, -0.1) is 11.6 Å². The van der Waals surface area contributed by atoms with Crippen molar-refractivity contribution in [3.8, 4) is 0 Å². The maximum atomic E-state index is 13.9. The lowest BCUT2D eigenvalue weighted by molar-refractivity contribution is 0.501. The number of hydrogen-bond acceptors (Lipinski definition) is 3. The van der Waals surface area contributed by atoms with E-state index in [1.807, 2.05) is 0 Å². The third kappa shape index (κ3) is 3.06. The zero-order valence-corrected chi connectivity index (χ0v) is 13.8. The highest BCUT2D eigenvalue weighted by atomic mass is 35.5. The number of imidazole rings is 1. The molecule has 1 aromatic carbocycles. The Morgan fingerprint density at radius 1 is 1.38 bits per heavy atom. The summed E-state index contributed by atoms with van der Waals surface area (Å²) in [7, 11) is -3.26. The van der Waals surface area contributed by atoms with Gasteiger partial charge in [0.2, 0.25) is 0 Å². The van der Waals surface area contributed by atoms with Gasteiger partial charge in [0, 0.05) is 25.1 Å². The van der Waals surface area contributed by atoms with E-state index < -0.39 is 20.4 Å². The molecule has 1 aromatic heterocycles. The number of benzene rings is 1. The van der Waals surface area contributed by atoms with Crippen LogP contribution in [0, 0.1) is 5.82 Å². The standard InChI is InChI=1S/C14H18ClFN2O2S/c1-14(2,21(3,19)20)9-18-11-6-4-5-10(16)13(11)17-12(18)7-8-15/h4-6H,7-9H2,1-3H3. The molecular formula is C14H18ClFN2O2S. The molecule has 0 bridgehead atoms. The first-order valence-corrected chi connectivity index (χ1v) is 8.99. The fourth-order valence-corrected chi connectivity index (χ4v) is 2.64. The Bertz CT molecular complexity index is 769. The summed E-state index contributed by atoms with van der Waals surface area (Å²) >= 11 is 5.77. The van der Waals surface area contributed by atoms with E-state index in [9.17, 15) is 12.8 Å². The van der Waals surface area contributed by atoms with E-state index >= 15 is 0 Å². The molecule has 0 aliphatic rings. The van der Waals surface area contributed by atoms with Gasteiger partial charge in [-0.1, -0.05) is 6.07 Å². The van der Waals surface area contributed by atoms with Crippen LogP contribution in [0.25, 0.3) is 11.0 Å². The summed E-state index contributed by atoms with van der Waals surface area (Å²) in [6.45, 7) is 3.51. The zero-order chi connectivity index (χ0) is 15.8. The smallest absolute Gasteiger partial charge is 0.154 e. The van der Waals surface area contributed by atoms with Gasteiger partial charge >= 0.3 is 0 Å². The van der Waals surface area contributed by atoms with Crippen molar-refractivity contribution in [1.82, 2.24) is 9.55 Å². The van der Waals surface area contributed by atoms with Gasteiger partial charge in [0.15, 0.2) is 15.7 Å². The van der Waals surface area contributed by atoms with Crippen LogP contribution >= 0.6 is 11.6 Å². The Hall–Kier alpha value is -1.14. The van der Waals surface area contributed by atoms with Crippen LogP contribution in [0.4, 0.5) is 4.39 Å². The van der Waals surface area contributed by atoms with E-state index in [-0.39, 0.29) is 12.1 Å². The normalized spacial score (nSPS) is 13.0. The largest absolute Gasteiger partial charge is 0.326 e. The Labute approximate surface area is 128 Å². The molecule has 0 saturated carbocycles. The SMILES string of the molecule is CC(C)(Cn1c(CCCl)nc2c(F)cccc21)S(C)(=O)=O. The molecule has 0 unspecified atom stereocenters. The molecule has 0 aliphatic heterocycles. The molecule has 0 spiro atoms. The molecule has 2 rings (SSSR count). The molecule has 0 radical (unpaired) electrons. The van der Waals surface area contributed by atoms with Crippen LogP contribution in [0.15, 0.2) is 18.2 Å². The maximum absolute atomic E-state index is 13.9. The second kappa shape index (κ2) is 5.57. The summed E-state index contributed by atoms with van der Waals surface area (Å²) in [5, 5.41) is 0. The quantitative estimate of drug-likeness (QED) is 0.791. The molecule has 1 heterocycles. The number of hydrogen-bond donors (Lipinski definition) is 0. The van der Waals surface area contributed by atoms with Crippen molar-refractivity contribution >= 4 is 32.5 Å². The highest BCUT2D eigenvalue weighted by Crippen LogP contribution is 2.25. The Morgan fingerprint density at radius 2 is 2.05 bits per heavy atom. The van der Waals surface area contributed by atoms with Crippen molar-refractivity contribution in [2.24, 2.45) is 0 Å². The number of aromatic nitrogens is 2. The predicted molar refractivity (Wildman–Crippen MR) is 83.0 cm³/mol. The van der Waals surface area contributed by atoms with Crippen LogP contribution in [0.5, 0.6) is 0 Å². The molecule has 7 heteroatoms. The van der Waals surface area contributed by atoms with Crippen molar-refractivity contribution in [2.75, 3.05) is 12.1 Å². The van der Waals surface area contributed by atoms with E-state index in [1.165, 1.54) is 12.3 Å². The summed E-state index contributed by atoms with van der Waals surface area (Å²) in [5.41, 5.74) is 0.841. The second-order valence-electron chi connectivity index (χ2n) is 5.69. The van der Waals surface area contributed by atoms with Gasteiger partial charge in [-0.2, -0.15) is 0 Å². The Morgan fingerprint density at radius 3 is 2.62 bits per heavy atom. The molecule has 21 heavy (non-hydrogen) atoms. The monoisotopic (exact) mass is 332 g/mol. The summed E-state index contributed by atoms with van der Waals surface area (Å²) in [4.78, 5) is 4.28. The molecule has 0 aliphatic carbocycles. The van der Waals surface area contributed by atoms with Gasteiger partial charge in [-0.25, -0.2) is 17.8 Å². The topological polar surface area (TPSA) is 52.0 Å². The lowest BCUT2D eigenvalue weighted by Gasteiger charge is -2.24. The van der Waals surface area contributed by atoms with E-state index in [0.717, 1.165) is 0 Å². The first kappa shape index (κ1) is 16.2. The van der Waals surface area contributed by atoms with Crippen molar-refractivity contribution in [3.05, 3.63) is 29.8 Å². The van der Waals surface area contributed by atoms with E-state index in [4.69, 9.17) is 11.6 Å². The van der Waals surface area contributed by atoms with Crippen molar-refractivity contribution < 1.29 is 12.8 Å². The van der Waals surface area contributed by atoms with E-state index in [2.05, 4.69) is 4.98 Å². The van der Waals surface area contributed by atoms with Gasteiger partial charge in [0.25, 0.3) is 0 Å².